The fourth-order valence-electron chi connectivity index (χ4n) is 9.70. The fourth-order valence-corrected chi connectivity index (χ4v) is 9.70. The van der Waals surface area contributed by atoms with E-state index in [-0.39, 0.29) is 19.1 Å². The van der Waals surface area contributed by atoms with E-state index < -0.39 is 49.0 Å². The molecule has 8 atom stereocenters. The molecule has 68 heavy (non-hydrogen) atoms. The molecule has 2 heterocycles. The molecule has 0 spiro atoms. The Morgan fingerprint density at radius 2 is 1.00 bits per heavy atom. The molecule has 1 saturated heterocycles. The molecule has 0 unspecified atom stereocenters. The minimum absolute atomic E-state index is 0.0735. The number of nitrogens with zero attached hydrogens (tertiary/aromatic N) is 3. The number of aliphatic hydroxyl groups excluding tert-OH is 5. The zero-order valence-corrected chi connectivity index (χ0v) is 44.2. The summed E-state index contributed by atoms with van der Waals surface area (Å²) in [6.45, 7) is 6.43. The normalized spacial score (nSPS) is 19.9. The lowest BCUT2D eigenvalue weighted by Gasteiger charge is -2.40. The molecule has 1 aromatic rings. The van der Waals surface area contributed by atoms with Gasteiger partial charge in [0.25, 0.3) is 0 Å². The van der Waals surface area contributed by atoms with Crippen molar-refractivity contribution in [3.63, 3.8) is 0 Å². The van der Waals surface area contributed by atoms with E-state index in [2.05, 4.69) is 36.4 Å². The Hall–Kier alpha value is -1.67. The number of carbonyl (C=O) groups excluding carboxylic acids is 1. The fraction of sp³-hybridized carbons (Fsp3) is 0.946. The first-order valence-corrected chi connectivity index (χ1v) is 29.1. The second-order valence-electron chi connectivity index (χ2n) is 20.8. The molecule has 0 saturated carbocycles. The van der Waals surface area contributed by atoms with Gasteiger partial charge in [0, 0.05) is 12.6 Å². The lowest BCUT2D eigenvalue weighted by molar-refractivity contribution is -0.301. The van der Waals surface area contributed by atoms with Gasteiger partial charge < -0.3 is 40.3 Å². The molecule has 400 valence electrons. The minimum atomic E-state index is -1.58. The second kappa shape index (κ2) is 43.0. The van der Waals surface area contributed by atoms with E-state index in [0.29, 0.717) is 12.8 Å². The molecule has 0 aliphatic carbocycles. The Balaban J connectivity index is 1.71. The summed E-state index contributed by atoms with van der Waals surface area (Å²) in [5.41, 5.74) is 0.816. The Bertz CT molecular complexity index is 1270. The van der Waals surface area contributed by atoms with Crippen LogP contribution < -0.4 is 5.32 Å². The van der Waals surface area contributed by atoms with Crippen molar-refractivity contribution in [1.29, 1.82) is 0 Å². The SMILES string of the molecule is CCCCCCCCCCCCCCCCCCCCCCCCCC(=O)N[C@@H](CO[C@H]1O[C@H](Cn2cc(CCCC)nn2)[C@H](O)[C@H](O)[C@H]1O)[C@H](O)[C@H](O)CCCCCCCCCCCCCC. The summed E-state index contributed by atoms with van der Waals surface area (Å²) in [5.74, 6) is -0.234. The molecule has 0 aromatic carbocycles. The number of amides is 1. The third kappa shape index (κ3) is 30.9. The van der Waals surface area contributed by atoms with Crippen LogP contribution in [0.4, 0.5) is 0 Å². The predicted octanol–water partition coefficient (Wildman–Crippen LogP) is 12.1. The van der Waals surface area contributed by atoms with Crippen molar-refractivity contribution in [3.05, 3.63) is 11.9 Å². The van der Waals surface area contributed by atoms with Crippen LogP contribution in [0, 0.1) is 0 Å². The molecule has 1 fully saturated rings. The van der Waals surface area contributed by atoms with Gasteiger partial charge >= 0.3 is 0 Å². The summed E-state index contributed by atoms with van der Waals surface area (Å²) < 4.78 is 13.5. The van der Waals surface area contributed by atoms with E-state index in [1.165, 1.54) is 186 Å². The van der Waals surface area contributed by atoms with Gasteiger partial charge in [0.2, 0.25) is 5.91 Å². The predicted molar refractivity (Wildman–Crippen MR) is 277 cm³/mol. The molecule has 0 radical (unpaired) electrons. The van der Waals surface area contributed by atoms with Crippen molar-refractivity contribution in [2.24, 2.45) is 0 Å². The Kier molecular flexibility index (Phi) is 39.5. The van der Waals surface area contributed by atoms with Crippen LogP contribution in [-0.2, 0) is 27.2 Å². The second-order valence-corrected chi connectivity index (χ2v) is 20.8. The smallest absolute Gasteiger partial charge is 0.220 e. The number of aryl methyl sites for hydroxylation is 1. The zero-order valence-electron chi connectivity index (χ0n) is 44.2. The highest BCUT2D eigenvalue weighted by molar-refractivity contribution is 5.76. The maximum Gasteiger partial charge on any atom is 0.220 e. The van der Waals surface area contributed by atoms with Crippen molar-refractivity contribution in [1.82, 2.24) is 20.3 Å². The van der Waals surface area contributed by atoms with E-state index in [0.717, 1.165) is 63.5 Å². The van der Waals surface area contributed by atoms with E-state index >= 15 is 0 Å². The van der Waals surface area contributed by atoms with Crippen LogP contribution in [0.15, 0.2) is 6.20 Å². The number of carbonyl (C=O) groups is 1. The van der Waals surface area contributed by atoms with Gasteiger partial charge in [-0.25, -0.2) is 4.68 Å². The molecular weight excluding hydrogens is 857 g/mol. The average Bonchev–Trinajstić information content (AvgIpc) is 3.79. The minimum Gasteiger partial charge on any atom is -0.390 e. The topological polar surface area (TPSA) is 179 Å². The molecular formula is C56H108N4O8. The molecule has 1 aliphatic heterocycles. The van der Waals surface area contributed by atoms with Crippen molar-refractivity contribution in [2.45, 2.75) is 333 Å². The van der Waals surface area contributed by atoms with Crippen molar-refractivity contribution < 1.29 is 39.8 Å². The van der Waals surface area contributed by atoms with E-state index in [1.54, 1.807) is 10.9 Å². The number of aromatic nitrogens is 3. The van der Waals surface area contributed by atoms with E-state index in [1.807, 2.05) is 0 Å². The Labute approximate surface area is 416 Å². The highest BCUT2D eigenvalue weighted by Gasteiger charge is 2.45. The molecule has 0 bridgehead atoms. The van der Waals surface area contributed by atoms with Gasteiger partial charge in [-0.2, -0.15) is 0 Å². The van der Waals surface area contributed by atoms with Gasteiger partial charge in [-0.1, -0.05) is 251 Å². The Morgan fingerprint density at radius 3 is 1.44 bits per heavy atom. The number of hydrogen-bond donors (Lipinski definition) is 6. The summed E-state index contributed by atoms with van der Waals surface area (Å²) >= 11 is 0. The van der Waals surface area contributed by atoms with Crippen LogP contribution in [-0.4, -0.2) is 102 Å². The molecule has 1 aromatic heterocycles. The van der Waals surface area contributed by atoms with Gasteiger partial charge in [0.1, 0.15) is 30.5 Å². The number of unbranched alkanes of at least 4 members (excludes halogenated alkanes) is 34. The molecule has 12 heteroatoms. The van der Waals surface area contributed by atoms with Crippen LogP contribution in [0.5, 0.6) is 0 Å². The van der Waals surface area contributed by atoms with Crippen LogP contribution >= 0.6 is 0 Å². The quantitative estimate of drug-likeness (QED) is 0.0344. The highest BCUT2D eigenvalue weighted by atomic mass is 16.7. The summed E-state index contributed by atoms with van der Waals surface area (Å²) in [4.78, 5) is 13.3. The number of hydrogen-bond acceptors (Lipinski definition) is 10. The van der Waals surface area contributed by atoms with Crippen LogP contribution in [0.1, 0.15) is 277 Å². The summed E-state index contributed by atoms with van der Waals surface area (Å²) in [6, 6.07) is -0.978. The zero-order chi connectivity index (χ0) is 49.3. The highest BCUT2D eigenvalue weighted by Crippen LogP contribution is 2.25. The standard InChI is InChI=1S/C56H108N4O8/c1-4-7-10-12-14-16-18-20-21-22-23-24-25-26-27-28-29-30-32-34-36-38-40-43-51(62)57-48(52(63)49(61)42-39-37-35-33-31-19-17-15-13-11-8-5-2)46-67-56-55(66)54(65)53(64)50(68-56)45-60-44-47(58-59-60)41-9-6-3/h44,48-50,52-56,61,63-66H,4-43,45-46H2,1-3H3,(H,57,62)/t48-,49+,50+,52-,53-,54-,55+,56-/m0/s1. The van der Waals surface area contributed by atoms with E-state index in [9.17, 15) is 30.3 Å². The van der Waals surface area contributed by atoms with E-state index in [4.69, 9.17) is 9.47 Å². The maximum atomic E-state index is 13.3. The van der Waals surface area contributed by atoms with Crippen LogP contribution in [0.25, 0.3) is 0 Å². The summed E-state index contributed by atoms with van der Waals surface area (Å²) in [6.07, 6.45) is 40.5. The lowest BCUT2D eigenvalue weighted by Crippen LogP contribution is -2.60. The monoisotopic (exact) mass is 965 g/mol. The summed E-state index contributed by atoms with van der Waals surface area (Å²) in [5, 5.41) is 66.2. The largest absolute Gasteiger partial charge is 0.390 e. The third-order valence-electron chi connectivity index (χ3n) is 14.4. The molecule has 6 N–H and O–H groups in total. The number of nitrogens with one attached hydrogen (secondary N) is 1. The van der Waals surface area contributed by atoms with Crippen molar-refractivity contribution in [2.75, 3.05) is 6.61 Å². The molecule has 1 aliphatic rings. The maximum absolute atomic E-state index is 13.3. The van der Waals surface area contributed by atoms with Gasteiger partial charge in [-0.05, 0) is 25.7 Å². The Morgan fingerprint density at radius 1 is 0.588 bits per heavy atom. The first-order chi connectivity index (χ1) is 33.2. The number of ether oxygens (including phenoxy) is 2. The van der Waals surface area contributed by atoms with Gasteiger partial charge in [0.15, 0.2) is 6.29 Å². The molecule has 2 rings (SSSR count). The van der Waals surface area contributed by atoms with Gasteiger partial charge in [-0.3, -0.25) is 4.79 Å². The van der Waals surface area contributed by atoms with Gasteiger partial charge in [-0.15, -0.1) is 5.10 Å². The van der Waals surface area contributed by atoms with Gasteiger partial charge in [0.05, 0.1) is 31.0 Å². The average molecular weight is 965 g/mol. The number of rotatable bonds is 48. The summed E-state index contributed by atoms with van der Waals surface area (Å²) in [7, 11) is 0. The van der Waals surface area contributed by atoms with Crippen LogP contribution in [0.2, 0.25) is 0 Å². The first kappa shape index (κ1) is 62.4. The van der Waals surface area contributed by atoms with Crippen LogP contribution in [0.3, 0.4) is 0 Å². The number of aliphatic hydroxyl groups is 5. The molecule has 1 amide bonds. The molecule has 12 nitrogen and oxygen atoms in total. The van der Waals surface area contributed by atoms with Crippen molar-refractivity contribution >= 4 is 5.91 Å². The third-order valence-corrected chi connectivity index (χ3v) is 14.4. The first-order valence-electron chi connectivity index (χ1n) is 29.1. The lowest BCUT2D eigenvalue weighted by atomic mass is 9.98. The van der Waals surface area contributed by atoms with Crippen molar-refractivity contribution in [3.8, 4) is 0 Å².